The Hall–Kier alpha value is -0.610. The number of hydrogen-bond acceptors (Lipinski definition) is 3. The molecule has 0 aromatic carbocycles. The first kappa shape index (κ1) is 13.5. The van der Waals surface area contributed by atoms with Crippen LogP contribution in [0.3, 0.4) is 0 Å². The zero-order chi connectivity index (χ0) is 12.3. The van der Waals surface area contributed by atoms with Gasteiger partial charge in [-0.1, -0.05) is 20.8 Å². The zero-order valence-electron chi connectivity index (χ0n) is 10.7. The molecule has 0 radical (unpaired) electrons. The van der Waals surface area contributed by atoms with Crippen LogP contribution in [0, 0.1) is 5.41 Å². The number of hydrogen-bond donors (Lipinski definition) is 1. The van der Waals surface area contributed by atoms with Crippen LogP contribution in [0.25, 0.3) is 0 Å². The first-order valence-electron chi connectivity index (χ1n) is 5.86. The third kappa shape index (κ3) is 4.10. The van der Waals surface area contributed by atoms with Gasteiger partial charge < -0.3 is 14.7 Å². The lowest BCUT2D eigenvalue weighted by Gasteiger charge is -2.37. The van der Waals surface area contributed by atoms with Crippen LogP contribution in [-0.2, 0) is 9.53 Å². The molecule has 1 aliphatic heterocycles. The Bertz CT molecular complexity index is 247. The van der Waals surface area contributed by atoms with Gasteiger partial charge in [0.15, 0.2) is 0 Å². The maximum absolute atomic E-state index is 12.0. The summed E-state index contributed by atoms with van der Waals surface area (Å²) in [5.74, 6) is 0.154. The largest absolute Gasteiger partial charge is 0.394 e. The second kappa shape index (κ2) is 5.15. The van der Waals surface area contributed by atoms with Gasteiger partial charge in [-0.3, -0.25) is 4.79 Å². The fourth-order valence-corrected chi connectivity index (χ4v) is 1.92. The van der Waals surface area contributed by atoms with Crippen LogP contribution in [0.4, 0.5) is 0 Å². The van der Waals surface area contributed by atoms with E-state index in [0.29, 0.717) is 19.5 Å². The van der Waals surface area contributed by atoms with Crippen molar-refractivity contribution in [2.75, 3.05) is 19.7 Å². The van der Waals surface area contributed by atoms with Crippen molar-refractivity contribution in [2.45, 2.75) is 46.3 Å². The number of aliphatic hydroxyl groups is 1. The van der Waals surface area contributed by atoms with Crippen LogP contribution in [-0.4, -0.2) is 47.8 Å². The molecule has 1 heterocycles. The highest BCUT2D eigenvalue weighted by Crippen LogP contribution is 2.21. The van der Waals surface area contributed by atoms with E-state index >= 15 is 0 Å². The van der Waals surface area contributed by atoms with E-state index in [0.717, 1.165) is 0 Å². The van der Waals surface area contributed by atoms with Crippen LogP contribution >= 0.6 is 0 Å². The Morgan fingerprint density at radius 3 is 2.56 bits per heavy atom. The van der Waals surface area contributed by atoms with E-state index in [1.165, 1.54) is 0 Å². The summed E-state index contributed by atoms with van der Waals surface area (Å²) in [5.41, 5.74) is 0.00728. The first-order valence-corrected chi connectivity index (χ1v) is 5.86. The molecule has 1 fully saturated rings. The number of rotatable bonds is 2. The maximum atomic E-state index is 12.0. The Morgan fingerprint density at radius 1 is 1.44 bits per heavy atom. The number of carbonyl (C=O) groups excluding carboxylic acids is 1. The molecule has 1 amide bonds. The standard InChI is InChI=1S/C12H23NO3/c1-9-6-13(7-10(8-14)16-9)11(15)5-12(2,3)4/h9-10,14H,5-8H2,1-4H3. The van der Waals surface area contributed by atoms with E-state index < -0.39 is 0 Å². The second-order valence-electron chi connectivity index (χ2n) is 5.79. The molecule has 0 spiro atoms. The number of morpholine rings is 1. The highest BCUT2D eigenvalue weighted by molar-refractivity contribution is 5.77. The summed E-state index contributed by atoms with van der Waals surface area (Å²) in [4.78, 5) is 13.8. The Morgan fingerprint density at radius 2 is 2.06 bits per heavy atom. The topological polar surface area (TPSA) is 49.8 Å². The zero-order valence-corrected chi connectivity index (χ0v) is 10.7. The predicted molar refractivity (Wildman–Crippen MR) is 62.1 cm³/mol. The third-order valence-corrected chi connectivity index (χ3v) is 2.56. The molecule has 0 bridgehead atoms. The van der Waals surface area contributed by atoms with Gasteiger partial charge in [0.05, 0.1) is 18.8 Å². The van der Waals surface area contributed by atoms with E-state index in [1.54, 1.807) is 4.90 Å². The summed E-state index contributed by atoms with van der Waals surface area (Å²) < 4.78 is 5.50. The molecular formula is C12H23NO3. The SMILES string of the molecule is CC1CN(C(=O)CC(C)(C)C)CC(CO)O1. The van der Waals surface area contributed by atoms with E-state index in [4.69, 9.17) is 9.84 Å². The van der Waals surface area contributed by atoms with Gasteiger partial charge in [-0.05, 0) is 12.3 Å². The van der Waals surface area contributed by atoms with Crippen molar-refractivity contribution >= 4 is 5.91 Å². The van der Waals surface area contributed by atoms with Gasteiger partial charge in [-0.25, -0.2) is 0 Å². The molecule has 4 nitrogen and oxygen atoms in total. The molecule has 2 unspecified atom stereocenters. The van der Waals surface area contributed by atoms with Crippen molar-refractivity contribution in [3.8, 4) is 0 Å². The normalized spacial score (nSPS) is 26.9. The van der Waals surface area contributed by atoms with Crippen molar-refractivity contribution in [3.05, 3.63) is 0 Å². The summed E-state index contributed by atoms with van der Waals surface area (Å²) in [7, 11) is 0. The Kier molecular flexibility index (Phi) is 4.33. The summed E-state index contributed by atoms with van der Waals surface area (Å²) in [6.07, 6.45) is 0.320. The van der Waals surface area contributed by atoms with Crippen LogP contribution in [0.1, 0.15) is 34.1 Å². The number of ether oxygens (including phenoxy) is 1. The Labute approximate surface area is 97.6 Å². The van der Waals surface area contributed by atoms with Crippen LogP contribution in [0.2, 0.25) is 0 Å². The fraction of sp³-hybridized carbons (Fsp3) is 0.917. The number of carbonyl (C=O) groups is 1. The summed E-state index contributed by atoms with van der Waals surface area (Å²) in [5, 5.41) is 9.08. The lowest BCUT2D eigenvalue weighted by Crippen LogP contribution is -2.50. The van der Waals surface area contributed by atoms with E-state index in [-0.39, 0.29) is 30.1 Å². The van der Waals surface area contributed by atoms with E-state index in [9.17, 15) is 4.79 Å². The molecule has 1 aliphatic rings. The van der Waals surface area contributed by atoms with E-state index in [2.05, 4.69) is 20.8 Å². The molecule has 1 rings (SSSR count). The number of amides is 1. The van der Waals surface area contributed by atoms with Crippen molar-refractivity contribution < 1.29 is 14.6 Å². The minimum atomic E-state index is -0.229. The molecule has 16 heavy (non-hydrogen) atoms. The molecule has 0 saturated carbocycles. The van der Waals surface area contributed by atoms with Crippen LogP contribution in [0.5, 0.6) is 0 Å². The first-order chi connectivity index (χ1) is 7.31. The summed E-state index contributed by atoms with van der Waals surface area (Å²) in [6, 6.07) is 0. The summed E-state index contributed by atoms with van der Waals surface area (Å²) >= 11 is 0. The van der Waals surface area contributed by atoms with Gasteiger partial charge in [0.25, 0.3) is 0 Å². The van der Waals surface area contributed by atoms with Gasteiger partial charge in [0.2, 0.25) is 5.91 Å². The fourth-order valence-electron chi connectivity index (χ4n) is 1.92. The monoisotopic (exact) mass is 229 g/mol. The minimum Gasteiger partial charge on any atom is -0.394 e. The molecule has 1 N–H and O–H groups in total. The third-order valence-electron chi connectivity index (χ3n) is 2.56. The highest BCUT2D eigenvalue weighted by Gasteiger charge is 2.29. The number of nitrogens with zero attached hydrogens (tertiary/aromatic N) is 1. The molecular weight excluding hydrogens is 206 g/mol. The molecule has 0 aromatic heterocycles. The van der Waals surface area contributed by atoms with Gasteiger partial charge in [-0.15, -0.1) is 0 Å². The van der Waals surface area contributed by atoms with Gasteiger partial charge in [-0.2, -0.15) is 0 Å². The predicted octanol–water partition coefficient (Wildman–Crippen LogP) is 1.03. The van der Waals surface area contributed by atoms with E-state index in [1.807, 2.05) is 6.92 Å². The van der Waals surface area contributed by atoms with Crippen molar-refractivity contribution in [1.29, 1.82) is 0 Å². The van der Waals surface area contributed by atoms with Crippen molar-refractivity contribution in [3.63, 3.8) is 0 Å². The summed E-state index contributed by atoms with van der Waals surface area (Å²) in [6.45, 7) is 9.21. The molecule has 0 aliphatic carbocycles. The lowest BCUT2D eigenvalue weighted by molar-refractivity contribution is -0.148. The van der Waals surface area contributed by atoms with Crippen molar-refractivity contribution in [2.24, 2.45) is 5.41 Å². The average molecular weight is 229 g/mol. The maximum Gasteiger partial charge on any atom is 0.223 e. The number of aliphatic hydroxyl groups excluding tert-OH is 1. The highest BCUT2D eigenvalue weighted by atomic mass is 16.5. The molecule has 1 saturated heterocycles. The molecule has 94 valence electrons. The van der Waals surface area contributed by atoms with Gasteiger partial charge in [0, 0.05) is 19.5 Å². The smallest absolute Gasteiger partial charge is 0.223 e. The minimum absolute atomic E-state index is 0.00728. The van der Waals surface area contributed by atoms with Gasteiger partial charge in [0.1, 0.15) is 0 Å². The quantitative estimate of drug-likeness (QED) is 0.769. The van der Waals surface area contributed by atoms with Crippen LogP contribution < -0.4 is 0 Å². The van der Waals surface area contributed by atoms with Crippen molar-refractivity contribution in [1.82, 2.24) is 4.90 Å². The lowest BCUT2D eigenvalue weighted by atomic mass is 9.91. The molecule has 2 atom stereocenters. The van der Waals surface area contributed by atoms with Gasteiger partial charge >= 0.3 is 0 Å². The average Bonchev–Trinajstić information content (AvgIpc) is 2.14. The molecule has 0 aromatic rings. The molecule has 4 heteroatoms. The van der Waals surface area contributed by atoms with Crippen LogP contribution in [0.15, 0.2) is 0 Å². The Balaban J connectivity index is 2.55. The second-order valence-corrected chi connectivity index (χ2v) is 5.79.